The van der Waals surface area contributed by atoms with Crippen molar-refractivity contribution in [2.75, 3.05) is 0 Å². The van der Waals surface area contributed by atoms with Crippen molar-refractivity contribution in [3.8, 4) is 0 Å². The molecule has 0 saturated carbocycles. The summed E-state index contributed by atoms with van der Waals surface area (Å²) >= 11 is 0. The maximum absolute atomic E-state index is 9.29. The molecule has 0 rings (SSSR count). The van der Waals surface area contributed by atoms with Gasteiger partial charge in [-0.15, -0.1) is 0 Å². The average molecular weight is 143 g/mol. The highest BCUT2D eigenvalue weighted by molar-refractivity contribution is 8.00. The number of rotatable bonds is 0. The van der Waals surface area contributed by atoms with Gasteiger partial charge in [-0.2, -0.15) is 8.42 Å². The van der Waals surface area contributed by atoms with E-state index in [2.05, 4.69) is 0 Å². The maximum atomic E-state index is 9.29. The fourth-order valence-electron chi connectivity index (χ4n) is 0. The molecule has 0 aromatic heterocycles. The summed E-state index contributed by atoms with van der Waals surface area (Å²) in [6, 6.07) is 0. The van der Waals surface area contributed by atoms with Crippen LogP contribution in [0, 0.1) is 0 Å². The van der Waals surface area contributed by atoms with Crippen molar-refractivity contribution in [1.29, 1.82) is 0 Å². The largest absolute Gasteiger partial charge is 0.468 e. The fraction of sp³-hybridized carbons (Fsp3) is 0. The second-order valence-corrected chi connectivity index (χ2v) is 2.04. The van der Waals surface area contributed by atoms with E-state index in [4.69, 9.17) is 9.66 Å². The molecule has 0 aliphatic carbocycles. The molecular weight excluding hydrogens is 138 g/mol. The molecule has 8 heavy (non-hydrogen) atoms. The van der Waals surface area contributed by atoms with E-state index in [-0.39, 0.29) is 6.15 Å². The molecule has 0 atom stereocenters. The molecular formula is CH5NO5S. The summed E-state index contributed by atoms with van der Waals surface area (Å²) in [5, 5.41) is 5.18. The van der Waals surface area contributed by atoms with Crippen molar-refractivity contribution in [3.05, 3.63) is 0 Å². The first-order valence-corrected chi connectivity index (χ1v) is 2.59. The van der Waals surface area contributed by atoms with E-state index in [0.717, 1.165) is 0 Å². The van der Waals surface area contributed by atoms with Crippen molar-refractivity contribution >= 4 is 15.4 Å². The van der Waals surface area contributed by atoms with Crippen LogP contribution in [-0.2, 0) is 10.1 Å². The Labute approximate surface area is 45.5 Å². The van der Waals surface area contributed by atoms with Crippen molar-refractivity contribution in [2.45, 2.75) is 0 Å². The van der Waals surface area contributed by atoms with Gasteiger partial charge in [0.25, 0.3) is 0 Å². The molecule has 5 N–H and O–H groups in total. The third kappa shape index (κ3) is 3.53. The van der Waals surface area contributed by atoms with E-state index in [1.54, 1.807) is 0 Å². The third-order valence-corrected chi connectivity index (χ3v) is 0.662. The molecule has 0 fully saturated rings. The highest BCUT2D eigenvalue weighted by Gasteiger charge is 2.14. The molecule has 0 heterocycles. The Hall–Kier alpha value is -0.660. The molecule has 0 bridgehead atoms. The van der Waals surface area contributed by atoms with Gasteiger partial charge in [0.2, 0.25) is 0 Å². The van der Waals surface area contributed by atoms with Crippen LogP contribution in [-0.4, -0.2) is 23.4 Å². The normalized spacial score (nSPS) is 9.62. The summed E-state index contributed by atoms with van der Waals surface area (Å²) in [4.78, 5) is 9.18. The number of hydrogen-bond acceptors (Lipinski definition) is 4. The Morgan fingerprint density at radius 2 is 1.50 bits per heavy atom. The van der Waals surface area contributed by atoms with E-state index >= 15 is 0 Å². The summed E-state index contributed by atoms with van der Waals surface area (Å²) in [6.07, 6.45) is 0. The zero-order chi connectivity index (χ0) is 6.08. The summed E-state index contributed by atoms with van der Waals surface area (Å²) in [7, 11) is -4.82. The van der Waals surface area contributed by atoms with Crippen LogP contribution in [0.15, 0.2) is 0 Å². The quantitative estimate of drug-likeness (QED) is 0.400. The lowest BCUT2D eigenvalue weighted by atomic mass is 11.6. The number of carboxylic acid groups (broad SMARTS) is 1. The zero-order valence-corrected chi connectivity index (χ0v) is 4.55. The molecule has 0 spiro atoms. The van der Waals surface area contributed by atoms with Crippen molar-refractivity contribution in [1.82, 2.24) is 6.15 Å². The minimum absolute atomic E-state index is 0. The molecule has 0 aromatic rings. The fourth-order valence-corrected chi connectivity index (χ4v) is 0. The molecule has 0 radical (unpaired) electrons. The van der Waals surface area contributed by atoms with Crippen LogP contribution in [0.4, 0.5) is 4.79 Å². The predicted octanol–water partition coefficient (Wildman–Crippen LogP) is -0.286. The van der Waals surface area contributed by atoms with Gasteiger partial charge in [-0.25, -0.2) is 4.79 Å². The topological polar surface area (TPSA) is 127 Å². The first-order valence-electron chi connectivity index (χ1n) is 1.15. The Bertz CT molecular complexity index is 167. The second-order valence-electron chi connectivity index (χ2n) is 0.741. The minimum atomic E-state index is -4.82. The van der Waals surface area contributed by atoms with Gasteiger partial charge in [0, 0.05) is 0 Å². The van der Waals surface area contributed by atoms with Crippen LogP contribution in [0.1, 0.15) is 0 Å². The molecule has 50 valence electrons. The Kier molecular flexibility index (Phi) is 3.36. The van der Waals surface area contributed by atoms with E-state index in [1.807, 2.05) is 0 Å². The summed E-state index contributed by atoms with van der Waals surface area (Å²) in [5.74, 6) is 0. The Morgan fingerprint density at radius 3 is 1.50 bits per heavy atom. The maximum Gasteiger partial charge on any atom is 0.449 e. The molecule has 0 saturated heterocycles. The lowest BCUT2D eigenvalue weighted by molar-refractivity contribution is 0.216. The first kappa shape index (κ1) is 10.3. The van der Waals surface area contributed by atoms with Gasteiger partial charge in [-0.05, 0) is 0 Å². The molecule has 0 aromatic carbocycles. The smallest absolute Gasteiger partial charge is 0.449 e. The lowest BCUT2D eigenvalue weighted by Crippen LogP contribution is -2.08. The summed E-state index contributed by atoms with van der Waals surface area (Å²) < 4.78 is 26.0. The van der Waals surface area contributed by atoms with E-state index < -0.39 is 15.4 Å². The van der Waals surface area contributed by atoms with E-state index in [1.165, 1.54) is 0 Å². The standard InChI is InChI=1S/CH2O5S.H3N/c2-1(3)7(4,5)6;/h(H,2,3)(H,4,5,6);1H3. The van der Waals surface area contributed by atoms with Crippen LogP contribution >= 0.6 is 0 Å². The Balaban J connectivity index is 0. The Morgan fingerprint density at radius 1 is 1.38 bits per heavy atom. The molecule has 0 aliphatic rings. The van der Waals surface area contributed by atoms with Gasteiger partial charge in [0.05, 0.1) is 0 Å². The van der Waals surface area contributed by atoms with Crippen LogP contribution in [0.3, 0.4) is 0 Å². The molecule has 0 unspecified atom stereocenters. The monoisotopic (exact) mass is 143 g/mol. The SMILES string of the molecule is N.O=C(O)S(=O)(=O)O. The van der Waals surface area contributed by atoms with Crippen molar-refractivity contribution in [2.24, 2.45) is 0 Å². The van der Waals surface area contributed by atoms with Crippen LogP contribution < -0.4 is 6.15 Å². The third-order valence-electron chi connectivity index (χ3n) is 0.221. The van der Waals surface area contributed by atoms with Crippen LogP contribution in [0.25, 0.3) is 0 Å². The van der Waals surface area contributed by atoms with Gasteiger partial charge >= 0.3 is 15.4 Å². The highest BCUT2D eigenvalue weighted by atomic mass is 32.2. The van der Waals surface area contributed by atoms with Gasteiger partial charge in [-0.1, -0.05) is 0 Å². The molecule has 6 nitrogen and oxygen atoms in total. The second kappa shape index (κ2) is 2.60. The van der Waals surface area contributed by atoms with E-state index in [9.17, 15) is 13.2 Å². The molecule has 0 amide bonds. The molecule has 0 aliphatic heterocycles. The van der Waals surface area contributed by atoms with E-state index in [0.29, 0.717) is 0 Å². The van der Waals surface area contributed by atoms with Crippen molar-refractivity contribution in [3.63, 3.8) is 0 Å². The number of hydrogen-bond donors (Lipinski definition) is 3. The summed E-state index contributed by atoms with van der Waals surface area (Å²) in [6.45, 7) is 0. The first-order chi connectivity index (χ1) is 2.94. The number of carbonyl (C=O) groups is 1. The lowest BCUT2D eigenvalue weighted by Gasteiger charge is -1.78. The zero-order valence-electron chi connectivity index (χ0n) is 3.73. The molecule has 7 heteroatoms. The van der Waals surface area contributed by atoms with Gasteiger partial charge in [0.15, 0.2) is 0 Å². The minimum Gasteiger partial charge on any atom is -0.468 e. The highest BCUT2D eigenvalue weighted by Crippen LogP contribution is 1.79. The summed E-state index contributed by atoms with van der Waals surface area (Å²) in [5.41, 5.74) is 0. The van der Waals surface area contributed by atoms with Crippen LogP contribution in [0.2, 0.25) is 0 Å². The van der Waals surface area contributed by atoms with Crippen molar-refractivity contribution < 1.29 is 22.9 Å². The van der Waals surface area contributed by atoms with Gasteiger partial charge in [0.1, 0.15) is 0 Å². The van der Waals surface area contributed by atoms with Gasteiger partial charge in [-0.3, -0.25) is 4.55 Å². The van der Waals surface area contributed by atoms with Crippen LogP contribution in [0.5, 0.6) is 0 Å². The average Bonchev–Trinajstić information content (AvgIpc) is 1.31. The predicted molar refractivity (Wildman–Crippen MR) is 24.6 cm³/mol. The van der Waals surface area contributed by atoms with Gasteiger partial charge < -0.3 is 11.3 Å².